The van der Waals surface area contributed by atoms with Crippen molar-refractivity contribution < 1.29 is 74.7 Å². The predicted octanol–water partition coefficient (Wildman–Crippen LogP) is -1.24. The summed E-state index contributed by atoms with van der Waals surface area (Å²) in [5.41, 5.74) is 11.5. The monoisotopic (exact) mass is 752 g/mol. The molecule has 4 aromatic rings. The summed E-state index contributed by atoms with van der Waals surface area (Å²) in [6.45, 7) is -2.36. The Kier molecular flexibility index (Phi) is 11.9. The summed E-state index contributed by atoms with van der Waals surface area (Å²) in [6, 6.07) is 0. The maximum absolute atomic E-state index is 12.3. The Morgan fingerprint density at radius 1 is 0.633 bits per heavy atom. The van der Waals surface area contributed by atoms with Gasteiger partial charge in [0.05, 0.1) is 25.9 Å². The normalized spacial score (nSPS) is 18.0. The van der Waals surface area contributed by atoms with Crippen molar-refractivity contribution in [1.82, 2.24) is 39.0 Å². The number of hydrogen-bond acceptors (Lipinski definition) is 21. The molecule has 0 aromatic carbocycles. The van der Waals surface area contributed by atoms with Gasteiger partial charge in [-0.2, -0.15) is 8.62 Å². The third kappa shape index (κ3) is 9.45. The molecule has 0 spiro atoms. The maximum atomic E-state index is 12.3. The minimum Gasteiger partial charge on any atom is -0.382 e. The second-order valence-corrected chi connectivity index (χ2v) is 13.6. The summed E-state index contributed by atoms with van der Waals surface area (Å²) in [5, 5.41) is 0. The Bertz CT molecular complexity index is 1860. The fourth-order valence-electron chi connectivity index (χ4n) is 3.68. The number of carbonyl (C=O) groups excluding carboxylic acids is 4. The summed E-state index contributed by atoms with van der Waals surface area (Å²) >= 11 is 0. The van der Waals surface area contributed by atoms with Gasteiger partial charge in [0.15, 0.2) is 60.5 Å². The first-order chi connectivity index (χ1) is 23.1. The average Bonchev–Trinajstić information content (AvgIpc) is 3.67. The van der Waals surface area contributed by atoms with Gasteiger partial charge in [-0.15, -0.1) is 0 Å². The summed E-state index contributed by atoms with van der Waals surface area (Å²) in [7, 11) is -17.4. The van der Waals surface area contributed by atoms with E-state index >= 15 is 0 Å². The van der Waals surface area contributed by atoms with E-state index in [2.05, 4.69) is 47.6 Å². The van der Waals surface area contributed by atoms with Gasteiger partial charge in [-0.1, -0.05) is 0 Å². The van der Waals surface area contributed by atoms with Gasteiger partial charge in [-0.3, -0.25) is 27.8 Å². The Balaban J connectivity index is 1.32. The highest BCUT2D eigenvalue weighted by Gasteiger charge is 2.43. The Hall–Kier alpha value is -4.29. The van der Waals surface area contributed by atoms with Crippen LogP contribution >= 0.6 is 23.5 Å². The quantitative estimate of drug-likeness (QED) is 0.0520. The molecule has 0 aliphatic rings. The number of imidazole rings is 2. The van der Waals surface area contributed by atoms with Crippen LogP contribution in [-0.2, 0) is 60.0 Å². The van der Waals surface area contributed by atoms with E-state index in [9.17, 15) is 47.6 Å². The molecule has 0 saturated heterocycles. The highest BCUT2D eigenvalue weighted by molar-refractivity contribution is 7.66. The van der Waals surface area contributed by atoms with E-state index in [1.807, 2.05) is 0 Å². The predicted molar refractivity (Wildman–Crippen MR) is 155 cm³/mol. The minimum absolute atomic E-state index is 0.0161. The van der Waals surface area contributed by atoms with Gasteiger partial charge in [0.2, 0.25) is 0 Å². The molecule has 6 unspecified atom stereocenters. The number of phosphoric acid groups is 3. The number of anilines is 2. The van der Waals surface area contributed by atoms with E-state index in [1.165, 1.54) is 0 Å². The molecule has 0 aliphatic carbocycles. The van der Waals surface area contributed by atoms with E-state index in [0.717, 1.165) is 34.4 Å². The van der Waals surface area contributed by atoms with Crippen LogP contribution in [-0.4, -0.2) is 104 Å². The number of phosphoric ester groups is 2. The molecule has 0 bridgehead atoms. The number of fused-ring (bicyclic) bond motifs is 2. The summed E-state index contributed by atoms with van der Waals surface area (Å²) in [4.78, 5) is 99.0. The first kappa shape index (κ1) is 37.5. The SMILES string of the molecule is Nc1ncnc2c1ncn2C(C=O)OC(C=O)COP(=O)(O)OP(=O)(O)OP(=O)(O)OCC(C=O)OC(C=O)n1cnc2c(N)ncnc21. The molecule has 29 heteroatoms. The Labute approximate surface area is 271 Å². The smallest absolute Gasteiger partial charge is 0.382 e. The Morgan fingerprint density at radius 2 is 1.02 bits per heavy atom. The van der Waals surface area contributed by atoms with Gasteiger partial charge in [-0.25, -0.2) is 43.6 Å². The highest BCUT2D eigenvalue weighted by atomic mass is 31.3. The van der Waals surface area contributed by atoms with Gasteiger partial charge >= 0.3 is 23.5 Å². The molecule has 49 heavy (non-hydrogen) atoms. The molecule has 0 saturated carbocycles. The van der Waals surface area contributed by atoms with Crippen molar-refractivity contribution in [2.75, 3.05) is 24.7 Å². The van der Waals surface area contributed by atoms with Crippen molar-refractivity contribution in [2.45, 2.75) is 24.7 Å². The largest absolute Gasteiger partial charge is 0.490 e. The summed E-state index contributed by atoms with van der Waals surface area (Å²) in [6.07, 6.45) is -2.13. The molecule has 4 heterocycles. The first-order valence-electron chi connectivity index (χ1n) is 12.8. The molecule has 0 amide bonds. The second kappa shape index (κ2) is 15.5. The molecule has 4 aromatic heterocycles. The van der Waals surface area contributed by atoms with Crippen LogP contribution < -0.4 is 11.5 Å². The van der Waals surface area contributed by atoms with Gasteiger partial charge in [0.1, 0.15) is 35.9 Å². The van der Waals surface area contributed by atoms with Crippen molar-refractivity contribution >= 4 is 82.6 Å². The lowest BCUT2D eigenvalue weighted by Gasteiger charge is -2.22. The zero-order chi connectivity index (χ0) is 36.0. The van der Waals surface area contributed by atoms with Crippen molar-refractivity contribution in [1.29, 1.82) is 0 Å². The van der Waals surface area contributed by atoms with Crippen LogP contribution in [0.4, 0.5) is 11.6 Å². The third-order valence-corrected chi connectivity index (χ3v) is 9.96. The molecule has 7 N–H and O–H groups in total. The Morgan fingerprint density at radius 3 is 1.37 bits per heavy atom. The van der Waals surface area contributed by atoms with Gasteiger partial charge in [0, 0.05) is 0 Å². The fourth-order valence-corrected chi connectivity index (χ4v) is 7.20. The van der Waals surface area contributed by atoms with Crippen LogP contribution in [0.1, 0.15) is 12.5 Å². The van der Waals surface area contributed by atoms with E-state index in [-0.39, 0.29) is 59.1 Å². The molecule has 0 fully saturated rings. The van der Waals surface area contributed by atoms with Gasteiger partial charge < -0.3 is 45.2 Å². The number of nitrogens with two attached hydrogens (primary N) is 2. The van der Waals surface area contributed by atoms with E-state index in [0.29, 0.717) is 0 Å². The number of hydrogen-bond donors (Lipinski definition) is 5. The molecular weight excluding hydrogens is 729 g/mol. The zero-order valence-corrected chi connectivity index (χ0v) is 26.7. The molecule has 0 radical (unpaired) electrons. The van der Waals surface area contributed by atoms with Crippen LogP contribution in [0.2, 0.25) is 0 Å². The molecule has 4 rings (SSSR count). The summed E-state index contributed by atoms with van der Waals surface area (Å²) in [5.74, 6) is -0.0823. The first-order valence-corrected chi connectivity index (χ1v) is 17.3. The van der Waals surface area contributed by atoms with Crippen molar-refractivity contribution in [3.8, 4) is 0 Å². The third-order valence-electron chi connectivity index (χ3n) is 5.70. The van der Waals surface area contributed by atoms with Crippen LogP contribution in [0, 0.1) is 0 Å². The zero-order valence-electron chi connectivity index (χ0n) is 24.1. The second-order valence-electron chi connectivity index (χ2n) is 9.00. The standard InChI is InChI=1S/C20H23N10O16P3/c21-17-15-19(25-7-23-17)29(9-27-15)13(3-33)43-11(1-31)5-41-47(35,36)45-49(39,40)46-48(37,38)42-6-12(2-32)44-14(4-34)30-10-28-16-18(22)24-8-26-20(16)30/h1-4,7-14H,5-6H2,(H,35,36)(H,37,38)(H,39,40)(H2,21,23,25)(H2,22,24,26). The molecular formula is C20H23N10O16P3. The lowest BCUT2D eigenvalue weighted by molar-refractivity contribution is -0.140. The van der Waals surface area contributed by atoms with Gasteiger partial charge in [0.25, 0.3) is 0 Å². The number of nitrogen functional groups attached to an aromatic ring is 2. The number of aromatic nitrogens is 8. The van der Waals surface area contributed by atoms with Crippen LogP contribution in [0.15, 0.2) is 25.3 Å². The maximum Gasteiger partial charge on any atom is 0.490 e. The van der Waals surface area contributed by atoms with Crippen molar-refractivity contribution in [3.05, 3.63) is 25.3 Å². The van der Waals surface area contributed by atoms with E-state index in [4.69, 9.17) is 20.9 Å². The fraction of sp³-hybridized carbons (Fsp3) is 0.300. The topological polar surface area (TPSA) is 375 Å². The lowest BCUT2D eigenvalue weighted by Crippen LogP contribution is -2.27. The number of carbonyl (C=O) groups is 4. The number of ether oxygens (including phenoxy) is 2. The van der Waals surface area contributed by atoms with Crippen molar-refractivity contribution in [2.24, 2.45) is 0 Å². The number of rotatable bonds is 20. The van der Waals surface area contributed by atoms with Crippen LogP contribution in [0.3, 0.4) is 0 Å². The molecule has 0 aliphatic heterocycles. The molecule has 26 nitrogen and oxygen atoms in total. The minimum atomic E-state index is -6.01. The number of aldehydes is 4. The molecule has 264 valence electrons. The van der Waals surface area contributed by atoms with E-state index < -0.39 is 61.3 Å². The van der Waals surface area contributed by atoms with Crippen molar-refractivity contribution in [3.63, 3.8) is 0 Å². The highest BCUT2D eigenvalue weighted by Crippen LogP contribution is 2.67. The van der Waals surface area contributed by atoms with Crippen LogP contribution in [0.25, 0.3) is 22.3 Å². The lowest BCUT2D eigenvalue weighted by atomic mass is 10.4. The van der Waals surface area contributed by atoms with Gasteiger partial charge in [-0.05, 0) is 0 Å². The average molecular weight is 752 g/mol. The number of nitrogens with zero attached hydrogens (tertiary/aromatic N) is 8. The molecule has 6 atom stereocenters. The van der Waals surface area contributed by atoms with Crippen LogP contribution in [0.5, 0.6) is 0 Å². The van der Waals surface area contributed by atoms with E-state index in [1.54, 1.807) is 0 Å². The summed E-state index contributed by atoms with van der Waals surface area (Å²) < 4.78 is 66.2.